The van der Waals surface area contributed by atoms with Crippen molar-refractivity contribution in [2.24, 2.45) is 0 Å². The van der Waals surface area contributed by atoms with Gasteiger partial charge >= 0.3 is 0 Å². The number of nitrogens with one attached hydrogen (secondary N) is 1. The van der Waals surface area contributed by atoms with Crippen molar-refractivity contribution < 1.29 is 4.79 Å². The van der Waals surface area contributed by atoms with Crippen molar-refractivity contribution >= 4 is 40.1 Å². The first-order chi connectivity index (χ1) is 15.0. The van der Waals surface area contributed by atoms with Gasteiger partial charge < -0.3 is 5.32 Å². The maximum Gasteiger partial charge on any atom is 0.243 e. The van der Waals surface area contributed by atoms with E-state index >= 15 is 0 Å². The van der Waals surface area contributed by atoms with Crippen molar-refractivity contribution in [1.82, 2.24) is 20.3 Å². The van der Waals surface area contributed by atoms with Gasteiger partial charge in [0.05, 0.1) is 0 Å². The van der Waals surface area contributed by atoms with Crippen molar-refractivity contribution in [3.8, 4) is 0 Å². The van der Waals surface area contributed by atoms with Crippen LogP contribution in [0.25, 0.3) is 11.0 Å². The lowest BCUT2D eigenvalue weighted by atomic mass is 9.82. The first kappa shape index (κ1) is 21.3. The molecular weight excluding hydrogens is 431 g/mol. The van der Waals surface area contributed by atoms with Crippen LogP contribution in [0.2, 0.25) is 10.0 Å². The van der Waals surface area contributed by atoms with Crippen molar-refractivity contribution in [1.29, 1.82) is 0 Å². The molecule has 1 aromatic heterocycles. The minimum absolute atomic E-state index is 0.0621. The van der Waals surface area contributed by atoms with Gasteiger partial charge in [-0.1, -0.05) is 66.5 Å². The van der Waals surface area contributed by atoms with Crippen molar-refractivity contribution in [2.75, 3.05) is 6.54 Å². The summed E-state index contributed by atoms with van der Waals surface area (Å²) in [6.07, 6.45) is 0. The molecule has 5 nitrogen and oxygen atoms in total. The highest BCUT2D eigenvalue weighted by atomic mass is 35.5. The molecule has 0 saturated heterocycles. The molecule has 0 aliphatic rings. The van der Waals surface area contributed by atoms with Crippen molar-refractivity contribution in [3.05, 3.63) is 94.0 Å². The quantitative estimate of drug-likeness (QED) is 0.405. The van der Waals surface area contributed by atoms with Gasteiger partial charge in [0.25, 0.3) is 0 Å². The Morgan fingerprint density at radius 1 is 0.871 bits per heavy atom. The van der Waals surface area contributed by atoms with E-state index in [1.165, 1.54) is 4.80 Å². The highest BCUT2D eigenvalue weighted by Gasteiger charge is 2.22. The summed E-state index contributed by atoms with van der Waals surface area (Å²) in [5.41, 5.74) is 3.80. The number of benzene rings is 3. The second-order valence-electron chi connectivity index (χ2n) is 7.52. The Balaban J connectivity index is 1.49. The summed E-state index contributed by atoms with van der Waals surface area (Å²) in [7, 11) is 0. The third kappa shape index (κ3) is 5.24. The average Bonchev–Trinajstić information content (AvgIpc) is 3.17. The number of amides is 1. The summed E-state index contributed by atoms with van der Waals surface area (Å²) in [6.45, 7) is 2.69. The number of rotatable bonds is 7. The van der Waals surface area contributed by atoms with Gasteiger partial charge in [0.15, 0.2) is 0 Å². The Labute approximate surface area is 191 Å². The van der Waals surface area contributed by atoms with Crippen LogP contribution in [0.4, 0.5) is 0 Å². The fourth-order valence-electron chi connectivity index (χ4n) is 3.68. The minimum atomic E-state index is -0.137. The molecule has 158 valence electrons. The molecule has 0 radical (unpaired) electrons. The number of fused-ring (bicyclic) bond motifs is 1. The fourth-order valence-corrected chi connectivity index (χ4v) is 3.93. The summed E-state index contributed by atoms with van der Waals surface area (Å²) < 4.78 is 0. The summed E-state index contributed by atoms with van der Waals surface area (Å²) in [5, 5.41) is 13.1. The van der Waals surface area contributed by atoms with Gasteiger partial charge in [0, 0.05) is 22.5 Å². The summed E-state index contributed by atoms with van der Waals surface area (Å²) in [6, 6.07) is 23.1. The molecular formula is C24H22Cl2N4O. The Morgan fingerprint density at radius 2 is 1.39 bits per heavy atom. The highest BCUT2D eigenvalue weighted by molar-refractivity contribution is 6.30. The number of aromatic nitrogens is 3. The topological polar surface area (TPSA) is 59.8 Å². The normalized spacial score (nSPS) is 13.1. The molecule has 0 bridgehead atoms. The molecule has 0 saturated carbocycles. The molecule has 1 N–H and O–H groups in total. The molecule has 0 spiro atoms. The largest absolute Gasteiger partial charge is 0.354 e. The van der Waals surface area contributed by atoms with E-state index in [4.69, 9.17) is 23.2 Å². The first-order valence-electron chi connectivity index (χ1n) is 10.1. The molecule has 4 rings (SSSR count). The molecule has 4 aromatic rings. The van der Waals surface area contributed by atoms with E-state index < -0.39 is 0 Å². The fraction of sp³-hybridized carbons (Fsp3) is 0.208. The zero-order valence-electron chi connectivity index (χ0n) is 17.0. The van der Waals surface area contributed by atoms with E-state index in [-0.39, 0.29) is 24.3 Å². The molecule has 2 unspecified atom stereocenters. The Hall–Kier alpha value is -2.89. The lowest BCUT2D eigenvalue weighted by molar-refractivity contribution is -0.122. The van der Waals surface area contributed by atoms with Crippen LogP contribution in [0.1, 0.15) is 29.9 Å². The van der Waals surface area contributed by atoms with E-state index in [0.717, 1.165) is 22.2 Å². The first-order valence-corrected chi connectivity index (χ1v) is 10.8. The van der Waals surface area contributed by atoms with Gasteiger partial charge in [0.1, 0.15) is 17.6 Å². The van der Waals surface area contributed by atoms with Gasteiger partial charge in [-0.15, -0.1) is 0 Å². The SMILES string of the molecule is CC(c1ccc(Cl)cc1)C(CNC(=O)Cn1nc2ccccc2n1)c1ccc(Cl)cc1. The lowest BCUT2D eigenvalue weighted by Gasteiger charge is -2.25. The van der Waals surface area contributed by atoms with Crippen LogP contribution in [0.15, 0.2) is 72.8 Å². The predicted molar refractivity (Wildman–Crippen MR) is 125 cm³/mol. The maximum atomic E-state index is 12.6. The molecule has 0 aliphatic carbocycles. The van der Waals surface area contributed by atoms with E-state index in [2.05, 4.69) is 22.4 Å². The van der Waals surface area contributed by atoms with Crippen molar-refractivity contribution in [3.63, 3.8) is 0 Å². The van der Waals surface area contributed by atoms with E-state index in [1.54, 1.807) is 0 Å². The van der Waals surface area contributed by atoms with Crippen LogP contribution in [0, 0.1) is 0 Å². The molecule has 3 aromatic carbocycles. The molecule has 0 fully saturated rings. The second-order valence-corrected chi connectivity index (χ2v) is 8.39. The van der Waals surface area contributed by atoms with Crippen LogP contribution in [-0.4, -0.2) is 27.4 Å². The number of hydrogen-bond donors (Lipinski definition) is 1. The Morgan fingerprint density at radius 3 is 1.94 bits per heavy atom. The second kappa shape index (κ2) is 9.50. The number of hydrogen-bond acceptors (Lipinski definition) is 3. The monoisotopic (exact) mass is 452 g/mol. The standard InChI is InChI=1S/C24H22Cl2N4O/c1-16(17-6-10-19(25)11-7-17)21(18-8-12-20(26)13-9-18)14-27-24(31)15-30-28-22-4-2-3-5-23(22)29-30/h2-13,16,21H,14-15H2,1H3,(H,27,31). The molecule has 0 aliphatic heterocycles. The average molecular weight is 453 g/mol. The van der Waals surface area contributed by atoms with Gasteiger partial charge in [-0.05, 0) is 53.4 Å². The molecule has 1 amide bonds. The van der Waals surface area contributed by atoms with Gasteiger partial charge in [-0.3, -0.25) is 4.79 Å². The predicted octanol–water partition coefficient (Wildman–Crippen LogP) is 5.44. The summed E-state index contributed by atoms with van der Waals surface area (Å²) in [4.78, 5) is 14.1. The minimum Gasteiger partial charge on any atom is -0.354 e. The Bertz CT molecular complexity index is 1140. The van der Waals surface area contributed by atoms with E-state index in [9.17, 15) is 4.79 Å². The van der Waals surface area contributed by atoms with E-state index in [1.807, 2.05) is 72.8 Å². The van der Waals surface area contributed by atoms with Gasteiger partial charge in [0.2, 0.25) is 5.91 Å². The summed E-state index contributed by atoms with van der Waals surface area (Å²) >= 11 is 12.1. The smallest absolute Gasteiger partial charge is 0.243 e. The third-order valence-electron chi connectivity index (χ3n) is 5.43. The van der Waals surface area contributed by atoms with Crippen LogP contribution in [0.3, 0.4) is 0 Å². The maximum absolute atomic E-state index is 12.6. The zero-order valence-corrected chi connectivity index (χ0v) is 18.5. The number of nitrogens with zero attached hydrogens (tertiary/aromatic N) is 3. The Kier molecular flexibility index (Phi) is 6.54. The van der Waals surface area contributed by atoms with Crippen LogP contribution >= 0.6 is 23.2 Å². The summed E-state index contributed by atoms with van der Waals surface area (Å²) in [5.74, 6) is 0.0822. The number of carbonyl (C=O) groups excluding carboxylic acids is 1. The highest BCUT2D eigenvalue weighted by Crippen LogP contribution is 2.33. The number of carbonyl (C=O) groups is 1. The van der Waals surface area contributed by atoms with Gasteiger partial charge in [-0.2, -0.15) is 15.0 Å². The molecule has 7 heteroatoms. The third-order valence-corrected chi connectivity index (χ3v) is 5.93. The lowest BCUT2D eigenvalue weighted by Crippen LogP contribution is -2.33. The van der Waals surface area contributed by atoms with Crippen LogP contribution in [0.5, 0.6) is 0 Å². The van der Waals surface area contributed by atoms with Crippen LogP contribution in [-0.2, 0) is 11.3 Å². The zero-order chi connectivity index (χ0) is 21.8. The molecule has 31 heavy (non-hydrogen) atoms. The number of halogens is 2. The van der Waals surface area contributed by atoms with Crippen LogP contribution < -0.4 is 5.32 Å². The molecule has 1 heterocycles. The van der Waals surface area contributed by atoms with Crippen molar-refractivity contribution in [2.45, 2.75) is 25.3 Å². The van der Waals surface area contributed by atoms with Gasteiger partial charge in [-0.25, -0.2) is 0 Å². The molecule has 2 atom stereocenters. The van der Waals surface area contributed by atoms with E-state index in [0.29, 0.717) is 16.6 Å².